The predicted octanol–water partition coefficient (Wildman–Crippen LogP) is 3.73. The number of carbonyl (C=O) groups is 1. The van der Waals surface area contributed by atoms with Crippen LogP contribution in [0.15, 0.2) is 28.8 Å². The highest BCUT2D eigenvalue weighted by molar-refractivity contribution is 7.98. The SMILES string of the molecule is CCSCc1cc(C(=O)NC2CCN(c3ccc(Cl)cc3F)C2)no1. The van der Waals surface area contributed by atoms with E-state index in [1.165, 1.54) is 6.07 Å². The van der Waals surface area contributed by atoms with Gasteiger partial charge in [-0.05, 0) is 30.4 Å². The number of benzene rings is 1. The third-order valence-electron chi connectivity index (χ3n) is 4.01. The number of hydrogen-bond acceptors (Lipinski definition) is 5. The zero-order valence-corrected chi connectivity index (χ0v) is 15.4. The maximum Gasteiger partial charge on any atom is 0.273 e. The van der Waals surface area contributed by atoms with Crippen LogP contribution < -0.4 is 10.2 Å². The molecule has 8 heteroatoms. The van der Waals surface area contributed by atoms with Gasteiger partial charge in [0.1, 0.15) is 11.6 Å². The van der Waals surface area contributed by atoms with Gasteiger partial charge in [-0.15, -0.1) is 0 Å². The number of nitrogens with one attached hydrogen (secondary N) is 1. The fourth-order valence-electron chi connectivity index (χ4n) is 2.78. The average molecular weight is 384 g/mol. The molecule has 1 amide bonds. The Balaban J connectivity index is 1.57. The van der Waals surface area contributed by atoms with Crippen LogP contribution in [-0.2, 0) is 5.75 Å². The van der Waals surface area contributed by atoms with Crippen molar-refractivity contribution in [2.45, 2.75) is 25.1 Å². The molecule has 1 aliphatic heterocycles. The summed E-state index contributed by atoms with van der Waals surface area (Å²) in [7, 11) is 0. The summed E-state index contributed by atoms with van der Waals surface area (Å²) in [5.74, 6) is 1.74. The van der Waals surface area contributed by atoms with Crippen LogP contribution in [0.5, 0.6) is 0 Å². The molecule has 25 heavy (non-hydrogen) atoms. The van der Waals surface area contributed by atoms with Crippen LogP contribution in [0.1, 0.15) is 29.6 Å². The third-order valence-corrected chi connectivity index (χ3v) is 5.15. The minimum absolute atomic E-state index is 0.0623. The van der Waals surface area contributed by atoms with Crippen LogP contribution >= 0.6 is 23.4 Å². The molecule has 1 atom stereocenters. The van der Waals surface area contributed by atoms with Gasteiger partial charge in [-0.1, -0.05) is 23.7 Å². The fraction of sp³-hybridized carbons (Fsp3) is 0.412. The van der Waals surface area contributed by atoms with Crippen LogP contribution in [0.2, 0.25) is 5.02 Å². The number of aromatic nitrogens is 1. The van der Waals surface area contributed by atoms with Crippen molar-refractivity contribution in [3.05, 3.63) is 46.6 Å². The second kappa shape index (κ2) is 8.10. The van der Waals surface area contributed by atoms with Crippen molar-refractivity contribution in [2.75, 3.05) is 23.7 Å². The maximum atomic E-state index is 14.0. The van der Waals surface area contributed by atoms with Gasteiger partial charge in [0.25, 0.3) is 5.91 Å². The van der Waals surface area contributed by atoms with Crippen LogP contribution in [0, 0.1) is 5.82 Å². The lowest BCUT2D eigenvalue weighted by Gasteiger charge is -2.19. The summed E-state index contributed by atoms with van der Waals surface area (Å²) in [5, 5.41) is 7.13. The second-order valence-corrected chi connectivity index (χ2v) is 7.53. The van der Waals surface area contributed by atoms with E-state index in [2.05, 4.69) is 17.4 Å². The summed E-state index contributed by atoms with van der Waals surface area (Å²) >= 11 is 7.49. The van der Waals surface area contributed by atoms with Crippen molar-refractivity contribution in [2.24, 2.45) is 0 Å². The molecule has 134 valence electrons. The third kappa shape index (κ3) is 4.46. The van der Waals surface area contributed by atoms with Gasteiger partial charge < -0.3 is 14.7 Å². The molecule has 2 aromatic rings. The molecule has 1 aliphatic rings. The van der Waals surface area contributed by atoms with Crippen molar-refractivity contribution < 1.29 is 13.7 Å². The van der Waals surface area contributed by atoms with Gasteiger partial charge in [-0.3, -0.25) is 4.79 Å². The number of hydrogen-bond donors (Lipinski definition) is 1. The maximum absolute atomic E-state index is 14.0. The van der Waals surface area contributed by atoms with Gasteiger partial charge in [0, 0.05) is 30.2 Å². The Bertz CT molecular complexity index is 755. The van der Waals surface area contributed by atoms with E-state index in [0.29, 0.717) is 35.3 Å². The molecule has 1 saturated heterocycles. The van der Waals surface area contributed by atoms with Crippen molar-refractivity contribution >= 4 is 35.0 Å². The van der Waals surface area contributed by atoms with Crippen LogP contribution in [0.4, 0.5) is 10.1 Å². The molecule has 1 unspecified atom stereocenters. The quantitative estimate of drug-likeness (QED) is 0.823. The zero-order valence-electron chi connectivity index (χ0n) is 13.8. The number of thioether (sulfide) groups is 1. The molecule has 5 nitrogen and oxygen atoms in total. The van der Waals surface area contributed by atoms with Gasteiger partial charge in [0.15, 0.2) is 5.69 Å². The Morgan fingerprint density at radius 1 is 1.52 bits per heavy atom. The Labute approximate surface area is 154 Å². The Hall–Kier alpha value is -1.73. The molecule has 0 bridgehead atoms. The zero-order chi connectivity index (χ0) is 17.8. The van der Waals surface area contributed by atoms with E-state index in [1.807, 2.05) is 4.90 Å². The lowest BCUT2D eigenvalue weighted by Crippen LogP contribution is -2.37. The monoisotopic (exact) mass is 383 g/mol. The lowest BCUT2D eigenvalue weighted by atomic mass is 10.2. The summed E-state index contributed by atoms with van der Waals surface area (Å²) in [6.07, 6.45) is 0.740. The highest BCUT2D eigenvalue weighted by atomic mass is 35.5. The van der Waals surface area contributed by atoms with Crippen molar-refractivity contribution in [3.63, 3.8) is 0 Å². The first-order valence-electron chi connectivity index (χ1n) is 8.11. The number of carbonyl (C=O) groups excluding carboxylic acids is 1. The number of amides is 1. The number of nitrogens with zero attached hydrogens (tertiary/aromatic N) is 2. The minimum atomic E-state index is -0.353. The molecule has 0 radical (unpaired) electrons. The Kier molecular flexibility index (Phi) is 5.86. The molecular weight excluding hydrogens is 365 g/mol. The van der Waals surface area contributed by atoms with Gasteiger partial charge >= 0.3 is 0 Å². The number of halogens is 2. The van der Waals surface area contributed by atoms with Crippen LogP contribution in [0.3, 0.4) is 0 Å². The van der Waals surface area contributed by atoms with Crippen molar-refractivity contribution in [1.29, 1.82) is 0 Å². The summed E-state index contributed by atoms with van der Waals surface area (Å²) < 4.78 is 19.2. The largest absolute Gasteiger partial charge is 0.367 e. The summed E-state index contributed by atoms with van der Waals surface area (Å²) in [5.41, 5.74) is 0.782. The Morgan fingerprint density at radius 2 is 2.36 bits per heavy atom. The molecule has 1 fully saturated rings. The van der Waals surface area contributed by atoms with Crippen molar-refractivity contribution in [1.82, 2.24) is 10.5 Å². The standard InChI is InChI=1S/C17H19ClFN3O2S/c1-2-25-10-13-8-15(21-24-13)17(23)20-12-5-6-22(9-12)16-4-3-11(18)7-14(16)19/h3-4,7-8,12H,2,5-6,9-10H2,1H3,(H,20,23). The summed E-state index contributed by atoms with van der Waals surface area (Å²) in [4.78, 5) is 14.2. The summed E-state index contributed by atoms with van der Waals surface area (Å²) in [6.45, 7) is 3.27. The molecular formula is C17H19ClFN3O2S. The van der Waals surface area contributed by atoms with Crippen LogP contribution in [0.25, 0.3) is 0 Å². The van der Waals surface area contributed by atoms with E-state index in [1.54, 1.807) is 30.0 Å². The second-order valence-electron chi connectivity index (χ2n) is 5.82. The van der Waals surface area contributed by atoms with Gasteiger partial charge in [-0.2, -0.15) is 11.8 Å². The van der Waals surface area contributed by atoms with E-state index in [0.717, 1.165) is 12.2 Å². The first-order chi connectivity index (χ1) is 12.1. The first-order valence-corrected chi connectivity index (χ1v) is 9.64. The van der Waals surface area contributed by atoms with E-state index in [9.17, 15) is 9.18 Å². The predicted molar refractivity (Wildman–Crippen MR) is 97.8 cm³/mol. The molecule has 0 spiro atoms. The molecule has 2 heterocycles. The average Bonchev–Trinajstić information content (AvgIpc) is 3.22. The molecule has 1 aromatic carbocycles. The smallest absolute Gasteiger partial charge is 0.273 e. The van der Waals surface area contributed by atoms with Gasteiger partial charge in [-0.25, -0.2) is 4.39 Å². The first kappa shape index (κ1) is 18.1. The number of rotatable bonds is 6. The van der Waals surface area contributed by atoms with E-state index >= 15 is 0 Å². The van der Waals surface area contributed by atoms with E-state index < -0.39 is 0 Å². The fourth-order valence-corrected chi connectivity index (χ4v) is 3.48. The normalized spacial score (nSPS) is 17.1. The molecule has 3 rings (SSSR count). The van der Waals surface area contributed by atoms with E-state index in [4.69, 9.17) is 16.1 Å². The summed E-state index contributed by atoms with van der Waals surface area (Å²) in [6, 6.07) is 6.24. The number of anilines is 1. The van der Waals surface area contributed by atoms with Crippen LogP contribution in [-0.4, -0.2) is 35.9 Å². The Morgan fingerprint density at radius 3 is 3.12 bits per heavy atom. The molecule has 0 saturated carbocycles. The van der Waals surface area contributed by atoms with Gasteiger partial charge in [0.2, 0.25) is 0 Å². The molecule has 1 aromatic heterocycles. The highest BCUT2D eigenvalue weighted by Gasteiger charge is 2.27. The lowest BCUT2D eigenvalue weighted by molar-refractivity contribution is 0.0931. The topological polar surface area (TPSA) is 58.4 Å². The highest BCUT2D eigenvalue weighted by Crippen LogP contribution is 2.26. The van der Waals surface area contributed by atoms with Gasteiger partial charge in [0.05, 0.1) is 11.4 Å². The molecule has 1 N–H and O–H groups in total. The molecule has 0 aliphatic carbocycles. The van der Waals surface area contributed by atoms with E-state index in [-0.39, 0.29) is 23.5 Å². The van der Waals surface area contributed by atoms with Crippen molar-refractivity contribution in [3.8, 4) is 0 Å². The minimum Gasteiger partial charge on any atom is -0.367 e.